The molecule has 6 aromatic heterocycles. The van der Waals surface area contributed by atoms with Crippen LogP contribution in [0, 0.1) is 13.8 Å². The van der Waals surface area contributed by atoms with Crippen LogP contribution in [0.1, 0.15) is 43.4 Å². The quantitative estimate of drug-likeness (QED) is 0.112. The highest BCUT2D eigenvalue weighted by molar-refractivity contribution is 6.08. The molecule has 20 heteroatoms. The normalized spacial score (nSPS) is 12.1. The maximum Gasteiger partial charge on any atom is 0.417 e. The molecule has 8 rings (SSSR count). The van der Waals surface area contributed by atoms with Crippen molar-refractivity contribution >= 4 is 34.7 Å². The molecule has 0 aliphatic carbocycles. The van der Waals surface area contributed by atoms with E-state index in [4.69, 9.17) is 9.47 Å². The van der Waals surface area contributed by atoms with Gasteiger partial charge in [0.05, 0.1) is 43.4 Å². The smallest absolute Gasteiger partial charge is 0.417 e. The predicted octanol–water partition coefficient (Wildman–Crippen LogP) is 5.11. The lowest BCUT2D eigenvalue weighted by Crippen LogP contribution is -2.34. The molecule has 0 aliphatic rings. The summed E-state index contributed by atoms with van der Waals surface area (Å²) in [5.41, 5.74) is 2.18. The van der Waals surface area contributed by atoms with Gasteiger partial charge in [-0.15, -0.1) is 4.52 Å². The average molecular weight is 861 g/mol. The van der Waals surface area contributed by atoms with Gasteiger partial charge in [-0.1, -0.05) is 24.3 Å². The summed E-state index contributed by atoms with van der Waals surface area (Å²) in [6.45, 7) is 2.92. The first-order valence-corrected chi connectivity index (χ1v) is 19.2. The van der Waals surface area contributed by atoms with Crippen LogP contribution in [0.5, 0.6) is 11.8 Å². The molecule has 4 N–H and O–H groups in total. The van der Waals surface area contributed by atoms with E-state index in [1.54, 1.807) is 71.6 Å². The van der Waals surface area contributed by atoms with Gasteiger partial charge in [0.2, 0.25) is 0 Å². The predicted molar refractivity (Wildman–Crippen MR) is 220 cm³/mol. The van der Waals surface area contributed by atoms with Gasteiger partial charge in [-0.05, 0) is 79.0 Å². The molecule has 63 heavy (non-hydrogen) atoms. The van der Waals surface area contributed by atoms with E-state index in [1.165, 1.54) is 60.5 Å². The Morgan fingerprint density at radius 3 is 2.41 bits per heavy atom. The van der Waals surface area contributed by atoms with Crippen molar-refractivity contribution in [1.29, 1.82) is 0 Å². The van der Waals surface area contributed by atoms with Crippen LogP contribution in [0.4, 0.5) is 24.8 Å². The number of methoxy groups -OCH3 is 1. The summed E-state index contributed by atoms with van der Waals surface area (Å²) in [5.74, 6) is -0.489. The molecular weight excluding hydrogens is 824 g/mol. The molecule has 0 saturated heterocycles. The number of halogens is 3. The standard InChI is InChI=1S/C43H36F3N11O6/c1-24-18-26(19-36(49-24)52-40(60)33-20-48-37-13-12-32(54-57(33)37)29-9-5-7-11-34(29)63-23-27(59)22-58)21-56-25(2)38(41(61)51-35-14-16-47-42(53-35)62-3)39-50-31(15-17-55(39)56)28-8-4-6-10-30(28)43(44,45)46/h4-20,27,58-59H,21-23H2,1-3H3,(H-,47,49,51,52,53,60,61)/p+1. The van der Waals surface area contributed by atoms with Crippen molar-refractivity contribution in [2.75, 3.05) is 31.0 Å². The topological polar surface area (TPSA) is 208 Å². The van der Waals surface area contributed by atoms with E-state index in [0.29, 0.717) is 39.6 Å². The van der Waals surface area contributed by atoms with Crippen LogP contribution < -0.4 is 24.6 Å². The number of benzene rings is 2. The Labute approximate surface area is 355 Å². The zero-order valence-corrected chi connectivity index (χ0v) is 33.7. The number of aliphatic hydroxyl groups excluding tert-OH is 2. The van der Waals surface area contributed by atoms with Crippen LogP contribution in [0.15, 0.2) is 104 Å². The average Bonchev–Trinajstić information content (AvgIpc) is 3.82. The number of ether oxygens (including phenoxy) is 2. The number of carbonyl (C=O) groups is 2. The third-order valence-corrected chi connectivity index (χ3v) is 9.83. The van der Waals surface area contributed by atoms with E-state index < -0.39 is 36.3 Å². The van der Waals surface area contributed by atoms with Gasteiger partial charge in [0, 0.05) is 29.1 Å². The number of pyridine rings is 1. The Balaban J connectivity index is 1.12. The summed E-state index contributed by atoms with van der Waals surface area (Å²) in [5, 5.41) is 29.3. The molecule has 2 aromatic carbocycles. The maximum absolute atomic E-state index is 14.1. The van der Waals surface area contributed by atoms with Gasteiger partial charge in [0.15, 0.2) is 22.6 Å². The number of nitrogens with zero attached hydrogens (tertiary/aromatic N) is 9. The van der Waals surface area contributed by atoms with E-state index >= 15 is 0 Å². The summed E-state index contributed by atoms with van der Waals surface area (Å²) >= 11 is 0. The Bertz CT molecular complexity index is 3030. The van der Waals surface area contributed by atoms with Gasteiger partial charge in [-0.2, -0.15) is 23.3 Å². The minimum Gasteiger partial charge on any atom is -0.490 e. The minimum atomic E-state index is -4.67. The molecule has 1 unspecified atom stereocenters. The first-order chi connectivity index (χ1) is 30.3. The van der Waals surface area contributed by atoms with Gasteiger partial charge >= 0.3 is 17.8 Å². The number of alkyl halides is 3. The molecule has 0 spiro atoms. The Morgan fingerprint density at radius 1 is 0.873 bits per heavy atom. The Morgan fingerprint density at radius 2 is 1.63 bits per heavy atom. The number of para-hydroxylation sites is 1. The molecular formula is C43H37F3N11O6+. The van der Waals surface area contributed by atoms with Crippen molar-refractivity contribution in [3.63, 3.8) is 0 Å². The van der Waals surface area contributed by atoms with Crippen LogP contribution in [0.3, 0.4) is 0 Å². The van der Waals surface area contributed by atoms with Crippen molar-refractivity contribution in [3.8, 4) is 34.3 Å². The lowest BCUT2D eigenvalue weighted by atomic mass is 10.0. The molecule has 2 amide bonds. The first-order valence-electron chi connectivity index (χ1n) is 19.2. The molecule has 6 heterocycles. The van der Waals surface area contributed by atoms with E-state index in [0.717, 1.165) is 6.07 Å². The molecule has 0 saturated carbocycles. The van der Waals surface area contributed by atoms with Crippen molar-refractivity contribution < 1.29 is 47.0 Å². The monoisotopic (exact) mass is 860 g/mol. The molecule has 0 aliphatic heterocycles. The number of amides is 2. The van der Waals surface area contributed by atoms with Gasteiger partial charge in [-0.3, -0.25) is 9.59 Å². The van der Waals surface area contributed by atoms with Gasteiger partial charge in [0.1, 0.15) is 36.3 Å². The molecule has 0 radical (unpaired) electrons. The molecule has 320 valence electrons. The van der Waals surface area contributed by atoms with Crippen LogP contribution >= 0.6 is 0 Å². The lowest BCUT2D eigenvalue weighted by molar-refractivity contribution is -0.611. The third kappa shape index (κ3) is 8.70. The largest absolute Gasteiger partial charge is 0.490 e. The second-order valence-electron chi connectivity index (χ2n) is 14.2. The summed E-state index contributed by atoms with van der Waals surface area (Å²) in [6, 6.07) is 21.8. The van der Waals surface area contributed by atoms with Gasteiger partial charge in [0.25, 0.3) is 11.8 Å². The number of aryl methyl sites for hydroxylation is 1. The maximum atomic E-state index is 14.1. The zero-order valence-electron chi connectivity index (χ0n) is 33.7. The molecule has 0 fully saturated rings. The number of nitrogens with one attached hydrogen (secondary N) is 2. The van der Waals surface area contributed by atoms with E-state index in [2.05, 4.69) is 40.7 Å². The highest BCUT2D eigenvalue weighted by atomic mass is 19.4. The summed E-state index contributed by atoms with van der Waals surface area (Å²) in [7, 11) is 1.37. The number of aliphatic hydroxyl groups is 2. The number of anilines is 2. The fraction of sp³-hybridized carbons (Fsp3) is 0.186. The van der Waals surface area contributed by atoms with E-state index in [1.807, 2.05) is 0 Å². The Kier molecular flexibility index (Phi) is 11.5. The van der Waals surface area contributed by atoms with E-state index in [9.17, 15) is 33.0 Å². The highest BCUT2D eigenvalue weighted by Gasteiger charge is 2.36. The minimum absolute atomic E-state index is 0.00739. The Hall–Kier alpha value is -7.84. The number of hydrogen-bond donors (Lipinski definition) is 4. The number of aromatic nitrogens is 9. The lowest BCUT2D eigenvalue weighted by Gasteiger charge is -2.13. The van der Waals surface area contributed by atoms with Crippen molar-refractivity contribution in [1.82, 2.24) is 39.2 Å². The highest BCUT2D eigenvalue weighted by Crippen LogP contribution is 2.36. The van der Waals surface area contributed by atoms with Crippen LogP contribution in [0.2, 0.25) is 0 Å². The van der Waals surface area contributed by atoms with E-state index in [-0.39, 0.29) is 59.0 Å². The number of carbonyl (C=O) groups excluding carboxylic acids is 2. The van der Waals surface area contributed by atoms with Crippen molar-refractivity contribution in [3.05, 3.63) is 137 Å². The second-order valence-corrected chi connectivity index (χ2v) is 14.2. The third-order valence-electron chi connectivity index (χ3n) is 9.83. The second kappa shape index (κ2) is 17.3. The molecule has 1 atom stereocenters. The summed E-state index contributed by atoms with van der Waals surface area (Å²) < 4.78 is 57.9. The SMILES string of the molecule is COc1nccc(NC(=O)c2c(C)n(Cc3cc(C)nc(NC(=O)c4cnc5ccc(-c6ccccc6OCC(O)CO)nn45)c3)[n+]3ccc(-c4ccccc4C(F)(F)F)nc23)n1. The number of hydrogen-bond acceptors (Lipinski definition) is 12. The van der Waals surface area contributed by atoms with Crippen LogP contribution in [0.25, 0.3) is 33.8 Å². The van der Waals surface area contributed by atoms with Crippen molar-refractivity contribution in [2.24, 2.45) is 0 Å². The molecule has 17 nitrogen and oxygen atoms in total. The molecule has 0 bridgehead atoms. The van der Waals surface area contributed by atoms with Crippen LogP contribution in [-0.4, -0.2) is 87.7 Å². The van der Waals surface area contributed by atoms with Gasteiger partial charge in [-0.25, -0.2) is 24.1 Å². The summed E-state index contributed by atoms with van der Waals surface area (Å²) in [4.78, 5) is 49.5. The summed E-state index contributed by atoms with van der Waals surface area (Å²) in [6.07, 6.45) is -1.43. The van der Waals surface area contributed by atoms with Crippen LogP contribution in [-0.2, 0) is 12.7 Å². The molecule has 8 aromatic rings. The van der Waals surface area contributed by atoms with Gasteiger partial charge < -0.3 is 30.3 Å². The fourth-order valence-corrected chi connectivity index (χ4v) is 6.95. The number of imidazole rings is 1. The fourth-order valence-electron chi connectivity index (χ4n) is 6.95. The first kappa shape index (κ1) is 41.9. The number of fused-ring (bicyclic) bond motifs is 2. The zero-order chi connectivity index (χ0) is 44.4. The number of rotatable bonds is 13. The van der Waals surface area contributed by atoms with Crippen molar-refractivity contribution in [2.45, 2.75) is 32.7 Å².